The number of benzene rings is 3. The first-order valence-corrected chi connectivity index (χ1v) is 9.40. The van der Waals surface area contributed by atoms with Crippen LogP contribution in [0.2, 0.25) is 0 Å². The molecule has 0 unspecified atom stereocenters. The molecular formula is C24H23NO5. The Bertz CT molecular complexity index is 1010. The van der Waals surface area contributed by atoms with E-state index in [4.69, 9.17) is 14.2 Å². The zero-order valence-corrected chi connectivity index (χ0v) is 17.0. The second-order valence-electron chi connectivity index (χ2n) is 6.56. The van der Waals surface area contributed by atoms with Gasteiger partial charge in [-0.2, -0.15) is 0 Å². The lowest BCUT2D eigenvalue weighted by Gasteiger charge is -2.14. The van der Waals surface area contributed by atoms with E-state index in [1.165, 1.54) is 0 Å². The van der Waals surface area contributed by atoms with Gasteiger partial charge in [-0.25, -0.2) is 0 Å². The van der Waals surface area contributed by atoms with E-state index in [0.717, 1.165) is 0 Å². The summed E-state index contributed by atoms with van der Waals surface area (Å²) in [5.41, 5.74) is 1.66. The molecule has 6 nitrogen and oxygen atoms in total. The topological polar surface area (TPSA) is 73.9 Å². The number of Topliss-reactive ketones (excluding diaryl/α,β-unsaturated/α-hetero) is 1. The Labute approximate surface area is 175 Å². The fourth-order valence-electron chi connectivity index (χ4n) is 2.83. The van der Waals surface area contributed by atoms with Crippen LogP contribution in [0, 0.1) is 0 Å². The smallest absolute Gasteiger partial charge is 0.255 e. The predicted molar refractivity (Wildman–Crippen MR) is 115 cm³/mol. The van der Waals surface area contributed by atoms with Gasteiger partial charge >= 0.3 is 0 Å². The van der Waals surface area contributed by atoms with Crippen LogP contribution in [0.1, 0.15) is 27.6 Å². The molecule has 30 heavy (non-hydrogen) atoms. The van der Waals surface area contributed by atoms with Crippen molar-refractivity contribution in [3.05, 3.63) is 83.9 Å². The van der Waals surface area contributed by atoms with E-state index >= 15 is 0 Å². The fraction of sp³-hybridized carbons (Fsp3) is 0.167. The van der Waals surface area contributed by atoms with Gasteiger partial charge < -0.3 is 19.5 Å². The van der Waals surface area contributed by atoms with Gasteiger partial charge in [-0.3, -0.25) is 9.59 Å². The van der Waals surface area contributed by atoms with Crippen LogP contribution in [-0.2, 0) is 0 Å². The van der Waals surface area contributed by atoms with Crippen molar-refractivity contribution in [2.24, 2.45) is 0 Å². The molecule has 6 heteroatoms. The number of methoxy groups -OCH3 is 2. The number of nitrogens with one attached hydrogen (secondary N) is 1. The Morgan fingerprint density at radius 1 is 0.767 bits per heavy atom. The quantitative estimate of drug-likeness (QED) is 0.554. The van der Waals surface area contributed by atoms with E-state index in [1.807, 2.05) is 0 Å². The van der Waals surface area contributed by atoms with E-state index in [1.54, 1.807) is 93.9 Å². The molecule has 0 aliphatic rings. The van der Waals surface area contributed by atoms with Crippen molar-refractivity contribution >= 4 is 17.4 Å². The Balaban J connectivity index is 1.60. The first-order chi connectivity index (χ1) is 14.5. The SMILES string of the molecule is COc1ccc(C(=O)[C@@H](C)Oc2ccc(NC(=O)c3cccc(OC)c3)cc2)cc1. The number of carbonyl (C=O) groups is 2. The lowest BCUT2D eigenvalue weighted by Crippen LogP contribution is -2.23. The van der Waals surface area contributed by atoms with E-state index in [-0.39, 0.29) is 11.7 Å². The molecule has 0 bridgehead atoms. The van der Waals surface area contributed by atoms with Crippen molar-refractivity contribution in [1.82, 2.24) is 0 Å². The number of ketones is 1. The highest BCUT2D eigenvalue weighted by molar-refractivity contribution is 6.04. The molecule has 154 valence electrons. The Hall–Kier alpha value is -3.80. The summed E-state index contributed by atoms with van der Waals surface area (Å²) in [4.78, 5) is 24.9. The summed E-state index contributed by atoms with van der Waals surface area (Å²) in [7, 11) is 3.13. The average molecular weight is 405 g/mol. The van der Waals surface area contributed by atoms with Gasteiger partial charge in [-0.1, -0.05) is 6.07 Å². The number of hydrogen-bond donors (Lipinski definition) is 1. The van der Waals surface area contributed by atoms with E-state index in [9.17, 15) is 9.59 Å². The van der Waals surface area contributed by atoms with Gasteiger partial charge in [0.05, 0.1) is 14.2 Å². The fourth-order valence-corrected chi connectivity index (χ4v) is 2.83. The molecule has 0 heterocycles. The predicted octanol–water partition coefficient (Wildman–Crippen LogP) is 4.61. The minimum absolute atomic E-state index is 0.131. The molecule has 3 rings (SSSR count). The molecule has 1 N–H and O–H groups in total. The lowest BCUT2D eigenvalue weighted by molar-refractivity contribution is 0.0818. The number of anilines is 1. The summed E-state index contributed by atoms with van der Waals surface area (Å²) in [6, 6.07) is 20.6. The Morgan fingerprint density at radius 2 is 1.40 bits per heavy atom. The van der Waals surface area contributed by atoms with Crippen molar-refractivity contribution in [2.75, 3.05) is 19.5 Å². The largest absolute Gasteiger partial charge is 0.497 e. The maximum absolute atomic E-state index is 12.5. The van der Waals surface area contributed by atoms with Gasteiger partial charge in [0.15, 0.2) is 6.10 Å². The van der Waals surface area contributed by atoms with Crippen molar-refractivity contribution in [2.45, 2.75) is 13.0 Å². The zero-order chi connectivity index (χ0) is 21.5. The van der Waals surface area contributed by atoms with E-state index < -0.39 is 6.10 Å². The number of rotatable bonds is 8. The summed E-state index contributed by atoms with van der Waals surface area (Å²) in [5.74, 6) is 1.45. The van der Waals surface area contributed by atoms with Gasteiger partial charge in [0.1, 0.15) is 17.2 Å². The third kappa shape index (κ3) is 5.17. The van der Waals surface area contributed by atoms with Gasteiger partial charge in [-0.05, 0) is 73.7 Å². The first kappa shape index (κ1) is 20.9. The second kappa shape index (κ2) is 9.60. The third-order valence-electron chi connectivity index (χ3n) is 4.50. The van der Waals surface area contributed by atoms with Crippen molar-refractivity contribution in [3.8, 4) is 17.2 Å². The molecule has 0 fully saturated rings. The molecular weight excluding hydrogens is 382 g/mol. The Kier molecular flexibility index (Phi) is 6.70. The van der Waals surface area contributed by atoms with Crippen LogP contribution < -0.4 is 19.5 Å². The summed E-state index contributed by atoms with van der Waals surface area (Å²) in [6.07, 6.45) is -0.657. The maximum Gasteiger partial charge on any atom is 0.255 e. The van der Waals surface area contributed by atoms with Crippen molar-refractivity contribution in [1.29, 1.82) is 0 Å². The first-order valence-electron chi connectivity index (χ1n) is 9.40. The summed E-state index contributed by atoms with van der Waals surface area (Å²) >= 11 is 0. The van der Waals surface area contributed by atoms with Crippen LogP contribution in [-0.4, -0.2) is 32.0 Å². The van der Waals surface area contributed by atoms with Gasteiger partial charge in [-0.15, -0.1) is 0 Å². The van der Waals surface area contributed by atoms with Gasteiger partial charge in [0.2, 0.25) is 5.78 Å². The highest BCUT2D eigenvalue weighted by atomic mass is 16.5. The highest BCUT2D eigenvalue weighted by Crippen LogP contribution is 2.20. The normalized spacial score (nSPS) is 11.3. The number of hydrogen-bond acceptors (Lipinski definition) is 5. The molecule has 0 aromatic heterocycles. The van der Waals surface area contributed by atoms with Gasteiger partial charge in [0.25, 0.3) is 5.91 Å². The molecule has 1 amide bonds. The van der Waals surface area contributed by atoms with E-state index in [2.05, 4.69) is 5.32 Å². The standard InChI is InChI=1S/C24H23NO5/c1-16(23(26)17-7-11-20(28-2)12-8-17)30-21-13-9-19(10-14-21)25-24(27)18-5-4-6-22(15-18)29-3/h4-16H,1-3H3,(H,25,27)/t16-/m1/s1. The molecule has 3 aromatic carbocycles. The van der Waals surface area contributed by atoms with Crippen molar-refractivity contribution < 1.29 is 23.8 Å². The van der Waals surface area contributed by atoms with Crippen LogP contribution in [0.3, 0.4) is 0 Å². The molecule has 0 aliphatic heterocycles. The number of carbonyl (C=O) groups excluding carboxylic acids is 2. The van der Waals surface area contributed by atoms with Crippen LogP contribution >= 0.6 is 0 Å². The van der Waals surface area contributed by atoms with Crippen LogP contribution in [0.15, 0.2) is 72.8 Å². The van der Waals surface area contributed by atoms with Crippen LogP contribution in [0.4, 0.5) is 5.69 Å². The van der Waals surface area contributed by atoms with E-state index in [0.29, 0.717) is 34.1 Å². The second-order valence-corrected chi connectivity index (χ2v) is 6.56. The van der Waals surface area contributed by atoms with Crippen LogP contribution in [0.25, 0.3) is 0 Å². The van der Waals surface area contributed by atoms with Gasteiger partial charge in [0, 0.05) is 16.8 Å². The summed E-state index contributed by atoms with van der Waals surface area (Å²) in [6.45, 7) is 1.70. The maximum atomic E-state index is 12.5. The summed E-state index contributed by atoms with van der Waals surface area (Å²) in [5, 5.41) is 2.82. The number of amides is 1. The molecule has 0 aliphatic carbocycles. The summed E-state index contributed by atoms with van der Waals surface area (Å²) < 4.78 is 16.0. The molecule has 0 radical (unpaired) electrons. The monoisotopic (exact) mass is 405 g/mol. The molecule has 0 saturated heterocycles. The van der Waals surface area contributed by atoms with Crippen LogP contribution in [0.5, 0.6) is 17.2 Å². The molecule has 1 atom stereocenters. The average Bonchev–Trinajstić information content (AvgIpc) is 2.79. The molecule has 0 saturated carbocycles. The zero-order valence-electron chi connectivity index (χ0n) is 17.0. The minimum Gasteiger partial charge on any atom is -0.497 e. The Morgan fingerprint density at radius 3 is 2.03 bits per heavy atom. The lowest BCUT2D eigenvalue weighted by atomic mass is 10.1. The molecule has 0 spiro atoms. The highest BCUT2D eigenvalue weighted by Gasteiger charge is 2.17. The minimum atomic E-state index is -0.657. The molecule has 3 aromatic rings. The third-order valence-corrected chi connectivity index (χ3v) is 4.50. The van der Waals surface area contributed by atoms with Crippen molar-refractivity contribution in [3.63, 3.8) is 0 Å². The number of ether oxygens (including phenoxy) is 3.